The summed E-state index contributed by atoms with van der Waals surface area (Å²) in [4.78, 5) is 0. The van der Waals surface area contributed by atoms with Crippen molar-refractivity contribution in [3.63, 3.8) is 0 Å². The van der Waals surface area contributed by atoms with E-state index >= 15 is 0 Å². The third-order valence-electron chi connectivity index (χ3n) is 0. The van der Waals surface area contributed by atoms with Crippen LogP contribution in [0.1, 0.15) is 0 Å². The lowest BCUT2D eigenvalue weighted by Crippen LogP contribution is -0.381. The first-order valence-corrected chi connectivity index (χ1v) is 0. The molecule has 0 aromatic carbocycles. The molecule has 0 unspecified atom stereocenters. The standard InChI is InChI=1S/B.10H2O/h;10*1H2. The van der Waals surface area contributed by atoms with Gasteiger partial charge in [-0.25, -0.2) is 0 Å². The van der Waals surface area contributed by atoms with E-state index in [1.54, 1.807) is 0 Å². The highest BCUT2D eigenvalue weighted by atomic mass is 16.0. The largest absolute Gasteiger partial charge is 0.412 e. The lowest BCUT2D eigenvalue weighted by molar-refractivity contribution is 0.823. The topological polar surface area (TPSA) is 315 Å². The van der Waals surface area contributed by atoms with E-state index in [9.17, 15) is 0 Å². The van der Waals surface area contributed by atoms with Crippen LogP contribution in [-0.2, 0) is 0 Å². The Morgan fingerprint density at radius 1 is 0.182 bits per heavy atom. The van der Waals surface area contributed by atoms with Crippen molar-refractivity contribution in [2.24, 2.45) is 0 Å². The van der Waals surface area contributed by atoms with Crippen LogP contribution in [0.3, 0.4) is 0 Å². The molecular formula is H20BO10. The van der Waals surface area contributed by atoms with Crippen LogP contribution >= 0.6 is 0 Å². The van der Waals surface area contributed by atoms with Gasteiger partial charge >= 0.3 is 0 Å². The number of rotatable bonds is 0. The Morgan fingerprint density at radius 2 is 0.182 bits per heavy atom. The highest BCUT2D eigenvalue weighted by Crippen LogP contribution is -0.280. The lowest BCUT2D eigenvalue weighted by Gasteiger charge is -0.413. The smallest absolute Gasteiger partial charge is 0 e. The fourth-order valence-corrected chi connectivity index (χ4v) is 0. The zero-order valence-electron chi connectivity index (χ0n) is 5.58. The van der Waals surface area contributed by atoms with Crippen molar-refractivity contribution in [2.45, 2.75) is 0 Å². The predicted octanol–water partition coefficient (Wildman–Crippen LogP) is -8.63. The molecule has 83 valence electrons. The molecule has 20 N–H and O–H groups in total. The molecule has 0 aromatic rings. The van der Waals surface area contributed by atoms with Crippen LogP contribution < -0.4 is 0 Å². The van der Waals surface area contributed by atoms with Crippen molar-refractivity contribution in [3.8, 4) is 0 Å². The van der Waals surface area contributed by atoms with E-state index < -0.39 is 0 Å². The van der Waals surface area contributed by atoms with Crippen molar-refractivity contribution in [3.05, 3.63) is 0 Å². The Kier molecular flexibility index (Phi) is 5210000. The van der Waals surface area contributed by atoms with Crippen molar-refractivity contribution in [1.29, 1.82) is 0 Å². The molecule has 0 aromatic heterocycles. The van der Waals surface area contributed by atoms with Gasteiger partial charge in [-0.3, -0.25) is 0 Å². The molecule has 3 radical (unpaired) electrons. The van der Waals surface area contributed by atoms with Crippen molar-refractivity contribution < 1.29 is 54.8 Å². The second kappa shape index (κ2) is 6460. The van der Waals surface area contributed by atoms with Gasteiger partial charge in [0.1, 0.15) is 0 Å². The summed E-state index contributed by atoms with van der Waals surface area (Å²) in [5, 5.41) is 0. The van der Waals surface area contributed by atoms with E-state index in [1.807, 2.05) is 0 Å². The highest BCUT2D eigenvalue weighted by molar-refractivity contribution is 5.75. The second-order valence-electron chi connectivity index (χ2n) is 0. The van der Waals surface area contributed by atoms with E-state index in [2.05, 4.69) is 0 Å². The van der Waals surface area contributed by atoms with Gasteiger partial charge in [0.25, 0.3) is 0 Å². The normalized spacial score (nSPS) is 0. The van der Waals surface area contributed by atoms with Gasteiger partial charge in [0.05, 0.1) is 0 Å². The molecule has 0 aliphatic rings. The predicted molar refractivity (Wildman–Crippen MR) is 41.9 cm³/mol. The van der Waals surface area contributed by atoms with Crippen molar-refractivity contribution >= 4 is 8.41 Å². The SMILES string of the molecule is O.O.O.O.O.O.O.O.O.O.[B]. The minimum absolute atomic E-state index is 0. The fourth-order valence-electron chi connectivity index (χ4n) is 0. The monoisotopic (exact) mass is 191 g/mol. The van der Waals surface area contributed by atoms with E-state index in [0.717, 1.165) is 0 Å². The van der Waals surface area contributed by atoms with Gasteiger partial charge < -0.3 is 54.8 Å². The molecule has 0 heterocycles. The van der Waals surface area contributed by atoms with E-state index in [-0.39, 0.29) is 63.2 Å². The van der Waals surface area contributed by atoms with Gasteiger partial charge in [0.15, 0.2) is 0 Å². The summed E-state index contributed by atoms with van der Waals surface area (Å²) in [6.07, 6.45) is 0. The summed E-state index contributed by atoms with van der Waals surface area (Å²) in [5.74, 6) is 0. The first-order valence-electron chi connectivity index (χ1n) is 0. The first kappa shape index (κ1) is 8870. The molecule has 0 atom stereocenters. The van der Waals surface area contributed by atoms with Crippen LogP contribution in [0.4, 0.5) is 0 Å². The fraction of sp³-hybridized carbons (Fsp3) is 0. The van der Waals surface area contributed by atoms with Gasteiger partial charge in [-0.15, -0.1) is 0 Å². The Bertz CT molecular complexity index is 4.83. The molecule has 0 rings (SSSR count). The van der Waals surface area contributed by atoms with Crippen molar-refractivity contribution in [2.75, 3.05) is 0 Å². The maximum atomic E-state index is 0. The quantitative estimate of drug-likeness (QED) is 0.321. The zero-order valence-corrected chi connectivity index (χ0v) is 5.58. The summed E-state index contributed by atoms with van der Waals surface area (Å²) in [7, 11) is 0. The summed E-state index contributed by atoms with van der Waals surface area (Å²) in [5.41, 5.74) is 0. The molecule has 0 spiro atoms. The molecule has 11 heavy (non-hydrogen) atoms. The zero-order chi connectivity index (χ0) is 0. The second-order valence-corrected chi connectivity index (χ2v) is 0. The average molecular weight is 191 g/mol. The van der Waals surface area contributed by atoms with Crippen LogP contribution in [0.5, 0.6) is 0 Å². The minimum Gasteiger partial charge on any atom is -0.412 e. The van der Waals surface area contributed by atoms with Crippen LogP contribution in [-0.4, -0.2) is 63.2 Å². The minimum atomic E-state index is 0. The first-order chi connectivity index (χ1) is 0. The molecule has 11 heteroatoms. The molecule has 0 aliphatic carbocycles. The van der Waals surface area contributed by atoms with E-state index in [1.165, 1.54) is 0 Å². The van der Waals surface area contributed by atoms with Crippen LogP contribution in [0.15, 0.2) is 0 Å². The summed E-state index contributed by atoms with van der Waals surface area (Å²) in [6, 6.07) is 0. The Hall–Kier alpha value is -0.335. The number of hydrogen-bond donors (Lipinski definition) is 0. The maximum absolute atomic E-state index is 0. The van der Waals surface area contributed by atoms with E-state index in [4.69, 9.17) is 0 Å². The highest BCUT2D eigenvalue weighted by Gasteiger charge is 0.0000248. The summed E-state index contributed by atoms with van der Waals surface area (Å²) < 4.78 is 0. The molecule has 0 amide bonds. The van der Waals surface area contributed by atoms with Crippen molar-refractivity contribution in [1.82, 2.24) is 0 Å². The van der Waals surface area contributed by atoms with Gasteiger partial charge in [-0.1, -0.05) is 0 Å². The van der Waals surface area contributed by atoms with E-state index in [0.29, 0.717) is 0 Å². The van der Waals surface area contributed by atoms with Crippen LogP contribution in [0.25, 0.3) is 0 Å². The Labute approximate surface area is 64.5 Å². The van der Waals surface area contributed by atoms with Gasteiger partial charge in [0, 0.05) is 8.41 Å². The Balaban J connectivity index is 0. The third kappa shape index (κ3) is 5060. The molecule has 0 saturated heterocycles. The lowest BCUT2D eigenvalue weighted by atomic mass is 10.8. The molecule has 0 aliphatic heterocycles. The van der Waals surface area contributed by atoms with Gasteiger partial charge in [-0.05, 0) is 0 Å². The Morgan fingerprint density at radius 3 is 0.182 bits per heavy atom. The molecule has 0 saturated carbocycles. The van der Waals surface area contributed by atoms with Crippen LogP contribution in [0, 0.1) is 0 Å². The maximum Gasteiger partial charge on any atom is 0 e. The molecular weight excluding hydrogens is 171 g/mol. The van der Waals surface area contributed by atoms with Gasteiger partial charge in [-0.2, -0.15) is 0 Å². The molecule has 0 fully saturated rings. The number of hydrogen-bond acceptors (Lipinski definition) is 0. The van der Waals surface area contributed by atoms with Crippen LogP contribution in [0.2, 0.25) is 0 Å². The third-order valence-corrected chi connectivity index (χ3v) is 0. The average Bonchev–Trinajstić information content (AvgIpc) is 0. The van der Waals surface area contributed by atoms with Gasteiger partial charge in [0.2, 0.25) is 0 Å². The summed E-state index contributed by atoms with van der Waals surface area (Å²) >= 11 is 0. The molecule has 0 bridgehead atoms. The molecule has 10 nitrogen and oxygen atoms in total. The summed E-state index contributed by atoms with van der Waals surface area (Å²) in [6.45, 7) is 0.